The van der Waals surface area contributed by atoms with Gasteiger partial charge < -0.3 is 9.64 Å². The Morgan fingerprint density at radius 2 is 2.14 bits per heavy atom. The first-order chi connectivity index (χ1) is 10.2. The van der Waals surface area contributed by atoms with Gasteiger partial charge >= 0.3 is 5.97 Å². The van der Waals surface area contributed by atoms with Crippen LogP contribution in [0.15, 0.2) is 36.4 Å². The van der Waals surface area contributed by atoms with Crippen molar-refractivity contribution in [2.75, 3.05) is 18.2 Å². The minimum absolute atomic E-state index is 0.151. The second kappa shape index (κ2) is 7.88. The summed E-state index contributed by atoms with van der Waals surface area (Å²) in [6.45, 7) is 2.35. The molecule has 1 heterocycles. The van der Waals surface area contributed by atoms with E-state index in [0.717, 1.165) is 12.0 Å². The van der Waals surface area contributed by atoms with Crippen LogP contribution in [0.4, 0.5) is 0 Å². The van der Waals surface area contributed by atoms with Gasteiger partial charge in [-0.25, -0.2) is 4.79 Å². The molecule has 1 saturated heterocycles. The molecular formula is C16H19NO3S. The molecule has 1 atom stereocenters. The summed E-state index contributed by atoms with van der Waals surface area (Å²) < 4.78 is 5.15. The number of benzene rings is 1. The fourth-order valence-corrected chi connectivity index (χ4v) is 3.13. The topological polar surface area (TPSA) is 46.6 Å². The molecule has 1 aliphatic heterocycles. The number of esters is 1. The number of thioether (sulfide) groups is 1. The van der Waals surface area contributed by atoms with E-state index in [1.807, 2.05) is 37.3 Å². The van der Waals surface area contributed by atoms with Gasteiger partial charge in [0.1, 0.15) is 6.04 Å². The minimum Gasteiger partial charge on any atom is -0.464 e. The van der Waals surface area contributed by atoms with Crippen molar-refractivity contribution in [3.63, 3.8) is 0 Å². The largest absolute Gasteiger partial charge is 0.464 e. The SMILES string of the molecule is CCCOC(=O)C1CSCN1C(=O)/C=C/c1ccccc1. The van der Waals surface area contributed by atoms with Crippen LogP contribution in [-0.4, -0.2) is 41.1 Å². The zero-order valence-electron chi connectivity index (χ0n) is 12.0. The smallest absolute Gasteiger partial charge is 0.329 e. The van der Waals surface area contributed by atoms with Crippen molar-refractivity contribution in [1.29, 1.82) is 0 Å². The summed E-state index contributed by atoms with van der Waals surface area (Å²) in [7, 11) is 0. The molecule has 112 valence electrons. The fraction of sp³-hybridized carbons (Fsp3) is 0.375. The molecule has 1 fully saturated rings. The van der Waals surface area contributed by atoms with Gasteiger partial charge in [-0.1, -0.05) is 37.3 Å². The lowest BCUT2D eigenvalue weighted by atomic mass is 10.2. The number of hydrogen-bond donors (Lipinski definition) is 0. The summed E-state index contributed by atoms with van der Waals surface area (Å²) in [5, 5.41) is 0. The van der Waals surface area contributed by atoms with Crippen LogP contribution in [0.5, 0.6) is 0 Å². The molecule has 1 aromatic carbocycles. The normalized spacial score (nSPS) is 18.1. The number of hydrogen-bond acceptors (Lipinski definition) is 4. The Morgan fingerprint density at radius 3 is 2.86 bits per heavy atom. The third-order valence-corrected chi connectivity index (χ3v) is 4.12. The molecule has 2 rings (SSSR count). The van der Waals surface area contributed by atoms with E-state index in [2.05, 4.69) is 0 Å². The predicted molar refractivity (Wildman–Crippen MR) is 84.7 cm³/mol. The van der Waals surface area contributed by atoms with Crippen LogP contribution in [0, 0.1) is 0 Å². The zero-order valence-corrected chi connectivity index (χ0v) is 12.8. The van der Waals surface area contributed by atoms with Gasteiger partial charge in [0.2, 0.25) is 5.91 Å². The first-order valence-corrected chi connectivity index (χ1v) is 8.16. The first-order valence-electron chi connectivity index (χ1n) is 7.00. The van der Waals surface area contributed by atoms with Gasteiger partial charge in [-0.3, -0.25) is 4.79 Å². The van der Waals surface area contributed by atoms with E-state index >= 15 is 0 Å². The third kappa shape index (κ3) is 4.36. The van der Waals surface area contributed by atoms with E-state index in [0.29, 0.717) is 18.2 Å². The van der Waals surface area contributed by atoms with Crippen LogP contribution in [0.2, 0.25) is 0 Å². The maximum absolute atomic E-state index is 12.2. The molecule has 0 aromatic heterocycles. The number of amides is 1. The predicted octanol–water partition coefficient (Wildman–Crippen LogP) is 2.55. The van der Waals surface area contributed by atoms with Crippen LogP contribution >= 0.6 is 11.8 Å². The van der Waals surface area contributed by atoms with Gasteiger partial charge in [-0.2, -0.15) is 0 Å². The molecule has 0 N–H and O–H groups in total. The summed E-state index contributed by atoms with van der Waals surface area (Å²) in [4.78, 5) is 25.7. The van der Waals surface area contributed by atoms with Crippen LogP contribution in [0.3, 0.4) is 0 Å². The number of rotatable bonds is 5. The molecule has 0 radical (unpaired) electrons. The molecule has 21 heavy (non-hydrogen) atoms. The van der Waals surface area contributed by atoms with E-state index in [1.165, 1.54) is 6.08 Å². The van der Waals surface area contributed by atoms with Gasteiger partial charge in [-0.05, 0) is 18.1 Å². The quantitative estimate of drug-likeness (QED) is 0.619. The molecule has 0 saturated carbocycles. The molecule has 1 aromatic rings. The van der Waals surface area contributed by atoms with Gasteiger partial charge in [0.25, 0.3) is 0 Å². The highest BCUT2D eigenvalue weighted by atomic mass is 32.2. The molecule has 0 bridgehead atoms. The fourth-order valence-electron chi connectivity index (χ4n) is 1.98. The average Bonchev–Trinajstić information content (AvgIpc) is 3.01. The van der Waals surface area contributed by atoms with Crippen molar-refractivity contribution in [3.05, 3.63) is 42.0 Å². The molecule has 4 nitrogen and oxygen atoms in total. The zero-order chi connectivity index (χ0) is 15.1. The Kier molecular flexibility index (Phi) is 5.87. The lowest BCUT2D eigenvalue weighted by molar-refractivity contribution is -0.151. The van der Waals surface area contributed by atoms with Gasteiger partial charge in [0.15, 0.2) is 0 Å². The molecule has 1 aliphatic rings. The lowest BCUT2D eigenvalue weighted by Crippen LogP contribution is -2.42. The van der Waals surface area contributed by atoms with Crippen LogP contribution in [-0.2, 0) is 14.3 Å². The Balaban J connectivity index is 1.97. The Labute approximate surface area is 129 Å². The van der Waals surface area contributed by atoms with Crippen LogP contribution in [0.25, 0.3) is 6.08 Å². The Morgan fingerprint density at radius 1 is 1.38 bits per heavy atom. The van der Waals surface area contributed by atoms with E-state index in [-0.39, 0.29) is 11.9 Å². The second-order valence-corrected chi connectivity index (χ2v) is 5.74. The van der Waals surface area contributed by atoms with Crippen molar-refractivity contribution < 1.29 is 14.3 Å². The molecule has 5 heteroatoms. The van der Waals surface area contributed by atoms with Crippen molar-refractivity contribution in [3.8, 4) is 0 Å². The Bertz CT molecular complexity index is 516. The number of nitrogens with zero attached hydrogens (tertiary/aromatic N) is 1. The number of carbonyl (C=O) groups is 2. The third-order valence-electron chi connectivity index (χ3n) is 3.10. The lowest BCUT2D eigenvalue weighted by Gasteiger charge is -2.20. The standard InChI is InChI=1S/C16H19NO3S/c1-2-10-20-16(19)14-11-21-12-17(14)15(18)9-8-13-6-4-3-5-7-13/h3-9,14H,2,10-12H2,1H3/b9-8+. The van der Waals surface area contributed by atoms with Crippen LogP contribution < -0.4 is 0 Å². The summed E-state index contributed by atoms with van der Waals surface area (Å²) in [6.07, 6.45) is 4.06. The van der Waals surface area contributed by atoms with Crippen LogP contribution in [0.1, 0.15) is 18.9 Å². The molecule has 0 aliphatic carbocycles. The first kappa shape index (κ1) is 15.6. The van der Waals surface area contributed by atoms with Crippen molar-refractivity contribution in [2.45, 2.75) is 19.4 Å². The van der Waals surface area contributed by atoms with E-state index < -0.39 is 6.04 Å². The highest BCUT2D eigenvalue weighted by Crippen LogP contribution is 2.22. The molecule has 1 unspecified atom stereocenters. The van der Waals surface area contributed by atoms with Gasteiger partial charge in [0.05, 0.1) is 12.5 Å². The van der Waals surface area contributed by atoms with Crippen molar-refractivity contribution >= 4 is 29.7 Å². The van der Waals surface area contributed by atoms with E-state index in [4.69, 9.17) is 4.74 Å². The molecule has 1 amide bonds. The molecular weight excluding hydrogens is 286 g/mol. The second-order valence-electron chi connectivity index (χ2n) is 4.74. The maximum atomic E-state index is 12.2. The Hall–Kier alpha value is -1.75. The van der Waals surface area contributed by atoms with E-state index in [1.54, 1.807) is 22.7 Å². The summed E-state index contributed by atoms with van der Waals surface area (Å²) >= 11 is 1.57. The average molecular weight is 305 g/mol. The maximum Gasteiger partial charge on any atom is 0.329 e. The van der Waals surface area contributed by atoms with E-state index in [9.17, 15) is 9.59 Å². The minimum atomic E-state index is -0.463. The highest BCUT2D eigenvalue weighted by molar-refractivity contribution is 7.99. The number of ether oxygens (including phenoxy) is 1. The highest BCUT2D eigenvalue weighted by Gasteiger charge is 2.34. The summed E-state index contributed by atoms with van der Waals surface area (Å²) in [6, 6.07) is 9.15. The van der Waals surface area contributed by atoms with Crippen molar-refractivity contribution in [1.82, 2.24) is 4.90 Å². The summed E-state index contributed by atoms with van der Waals surface area (Å²) in [5.41, 5.74) is 0.961. The number of carbonyl (C=O) groups excluding carboxylic acids is 2. The van der Waals surface area contributed by atoms with Crippen molar-refractivity contribution in [2.24, 2.45) is 0 Å². The summed E-state index contributed by atoms with van der Waals surface area (Å²) in [5.74, 6) is 0.683. The monoisotopic (exact) mass is 305 g/mol. The van der Waals surface area contributed by atoms with Gasteiger partial charge in [-0.15, -0.1) is 11.8 Å². The van der Waals surface area contributed by atoms with Gasteiger partial charge in [0, 0.05) is 11.8 Å². The molecule has 0 spiro atoms.